The van der Waals surface area contributed by atoms with Gasteiger partial charge in [-0.3, -0.25) is 24.8 Å². The molecule has 1 heterocycles. The van der Waals surface area contributed by atoms with E-state index < -0.39 is 10.2 Å². The smallest absolute Gasteiger partial charge is 0.269 e. The van der Waals surface area contributed by atoms with Crippen LogP contribution in [0.25, 0.3) is 5.69 Å². The average Bonchev–Trinajstić information content (AvgIpc) is 3.23. The van der Waals surface area contributed by atoms with Crippen molar-refractivity contribution in [2.45, 2.75) is 30.9 Å². The van der Waals surface area contributed by atoms with Gasteiger partial charge in [-0.05, 0) is 49.2 Å². The summed E-state index contributed by atoms with van der Waals surface area (Å²) in [6.45, 7) is 3.54. The summed E-state index contributed by atoms with van der Waals surface area (Å²) in [6, 6.07) is 19.0. The number of nitrogens with zero attached hydrogens (tertiary/aromatic N) is 5. The normalized spacial score (nSPS) is 11.8. The first-order valence-corrected chi connectivity index (χ1v) is 12.4. The van der Waals surface area contributed by atoms with Crippen LogP contribution in [-0.4, -0.2) is 31.2 Å². The van der Waals surface area contributed by atoms with Crippen LogP contribution in [0.5, 0.6) is 5.75 Å². The number of aromatic nitrogens is 3. The number of thioether (sulfide) groups is 1. The second-order valence-electron chi connectivity index (χ2n) is 8.23. The molecule has 4 rings (SSSR count). The van der Waals surface area contributed by atoms with Gasteiger partial charge in [-0.15, -0.1) is 10.2 Å². The molecule has 12 heteroatoms. The zero-order valence-electron chi connectivity index (χ0n) is 19.9. The lowest BCUT2D eigenvalue weighted by molar-refractivity contribution is -0.479. The van der Waals surface area contributed by atoms with E-state index >= 15 is 0 Å². The minimum Gasteiger partial charge on any atom is -0.487 e. The lowest BCUT2D eigenvalue weighted by atomic mass is 10.1. The summed E-state index contributed by atoms with van der Waals surface area (Å²) in [7, 11) is 0. The zero-order valence-corrected chi connectivity index (χ0v) is 21.5. The van der Waals surface area contributed by atoms with E-state index in [1.165, 1.54) is 23.9 Å². The van der Waals surface area contributed by atoms with Gasteiger partial charge < -0.3 is 4.74 Å². The van der Waals surface area contributed by atoms with E-state index in [0.29, 0.717) is 27.9 Å². The Hall–Kier alpha value is -3.96. The number of benzene rings is 3. The van der Waals surface area contributed by atoms with Crippen LogP contribution < -0.4 is 4.74 Å². The van der Waals surface area contributed by atoms with Crippen molar-refractivity contribution < 1.29 is 14.6 Å². The molecule has 0 aliphatic rings. The number of rotatable bonds is 10. The molecule has 0 amide bonds. The topological polar surface area (TPSA) is 126 Å². The molecule has 1 aromatic heterocycles. The molecule has 3 aromatic carbocycles. The highest BCUT2D eigenvalue weighted by molar-refractivity contribution is 7.99. The maximum absolute atomic E-state index is 11.5. The predicted octanol–water partition coefficient (Wildman–Crippen LogP) is 6.13. The monoisotopic (exact) mass is 539 g/mol. The Morgan fingerprint density at radius 1 is 1.03 bits per heavy atom. The number of hydrogen-bond acceptors (Lipinski definition) is 8. The summed E-state index contributed by atoms with van der Waals surface area (Å²) >= 11 is 7.69. The van der Waals surface area contributed by atoms with Gasteiger partial charge in [0.05, 0.1) is 9.95 Å². The van der Waals surface area contributed by atoms with E-state index in [1.54, 1.807) is 30.3 Å². The van der Waals surface area contributed by atoms with Crippen molar-refractivity contribution in [2.75, 3.05) is 6.54 Å². The fraction of sp³-hybridized carbons (Fsp3) is 0.200. The van der Waals surface area contributed by atoms with Gasteiger partial charge >= 0.3 is 0 Å². The molecule has 0 unspecified atom stereocenters. The molecule has 0 N–H and O–H groups in total. The van der Waals surface area contributed by atoms with Crippen LogP contribution in [0.4, 0.5) is 5.69 Å². The van der Waals surface area contributed by atoms with E-state index in [-0.39, 0.29) is 28.8 Å². The summed E-state index contributed by atoms with van der Waals surface area (Å²) in [6.07, 6.45) is 0. The molecular formula is C25H22ClN5O5S. The highest BCUT2D eigenvalue weighted by atomic mass is 35.5. The van der Waals surface area contributed by atoms with Crippen LogP contribution in [0.1, 0.15) is 27.8 Å². The standard InChI is InChI=1S/C25H22ClN5O5S/c1-16-6-9-20(10-7-16)30-17(2)27-28-25(30)37-24(14-29(32)33)19-8-11-23(22(26)13-19)36-15-18-4-3-5-21(12-18)31(34)35/h3-13,24H,14-15H2,1-2H3/t24-/m0/s1. The molecule has 37 heavy (non-hydrogen) atoms. The van der Waals surface area contributed by atoms with Crippen molar-refractivity contribution >= 4 is 29.1 Å². The Kier molecular flexibility index (Phi) is 8.04. The molecule has 0 spiro atoms. The number of aryl methyl sites for hydroxylation is 2. The van der Waals surface area contributed by atoms with E-state index in [9.17, 15) is 20.2 Å². The van der Waals surface area contributed by atoms with Crippen LogP contribution in [0.2, 0.25) is 5.02 Å². The Morgan fingerprint density at radius 3 is 2.46 bits per heavy atom. The second-order valence-corrected chi connectivity index (χ2v) is 9.81. The highest BCUT2D eigenvalue weighted by Crippen LogP contribution is 2.38. The molecular weight excluding hydrogens is 518 g/mol. The molecule has 0 aliphatic heterocycles. The minimum atomic E-state index is -0.592. The minimum absolute atomic E-state index is 0.0316. The molecule has 0 aliphatic carbocycles. The van der Waals surface area contributed by atoms with Crippen molar-refractivity contribution in [1.82, 2.24) is 14.8 Å². The molecule has 1 atom stereocenters. The number of nitro benzene ring substituents is 1. The average molecular weight is 540 g/mol. The van der Waals surface area contributed by atoms with Gasteiger partial charge in [0.2, 0.25) is 6.54 Å². The van der Waals surface area contributed by atoms with Crippen molar-refractivity contribution in [3.63, 3.8) is 0 Å². The van der Waals surface area contributed by atoms with Crippen molar-refractivity contribution in [3.05, 3.63) is 114 Å². The van der Waals surface area contributed by atoms with Gasteiger partial charge in [-0.2, -0.15) is 0 Å². The number of ether oxygens (including phenoxy) is 1. The van der Waals surface area contributed by atoms with Gasteiger partial charge in [0, 0.05) is 22.7 Å². The zero-order chi connectivity index (χ0) is 26.5. The first-order valence-electron chi connectivity index (χ1n) is 11.1. The Bertz CT molecular complexity index is 1440. The van der Waals surface area contributed by atoms with Crippen molar-refractivity contribution in [3.8, 4) is 11.4 Å². The number of hydrogen-bond donors (Lipinski definition) is 0. The van der Waals surface area contributed by atoms with Gasteiger partial charge in [0.15, 0.2) is 5.16 Å². The van der Waals surface area contributed by atoms with E-state index in [2.05, 4.69) is 10.2 Å². The van der Waals surface area contributed by atoms with Crippen LogP contribution in [0, 0.1) is 34.1 Å². The second kappa shape index (κ2) is 11.4. The van der Waals surface area contributed by atoms with Crippen molar-refractivity contribution in [2.24, 2.45) is 0 Å². The number of nitro groups is 2. The first kappa shape index (κ1) is 26.1. The highest BCUT2D eigenvalue weighted by Gasteiger charge is 2.24. The molecule has 190 valence electrons. The lowest BCUT2D eigenvalue weighted by Crippen LogP contribution is -2.11. The molecule has 10 nitrogen and oxygen atoms in total. The van der Waals surface area contributed by atoms with Crippen LogP contribution >= 0.6 is 23.4 Å². The largest absolute Gasteiger partial charge is 0.487 e. The van der Waals surface area contributed by atoms with E-state index in [1.807, 2.05) is 42.7 Å². The fourth-order valence-corrected chi connectivity index (χ4v) is 5.05. The quantitative estimate of drug-likeness (QED) is 0.134. The molecule has 0 radical (unpaired) electrons. The summed E-state index contributed by atoms with van der Waals surface area (Å²) in [5, 5.41) is 31.1. The summed E-state index contributed by atoms with van der Waals surface area (Å²) in [5.41, 5.74) is 3.18. The molecule has 0 fully saturated rings. The molecule has 0 saturated carbocycles. The Balaban J connectivity index is 1.56. The van der Waals surface area contributed by atoms with E-state index in [0.717, 1.165) is 11.3 Å². The maximum atomic E-state index is 11.5. The SMILES string of the molecule is Cc1ccc(-n2c(C)nnc2S[C@@H](C[N+](=O)[O-])c2ccc(OCc3cccc([N+](=O)[O-])c3)c(Cl)c2)cc1. The summed E-state index contributed by atoms with van der Waals surface area (Å²) in [4.78, 5) is 21.6. The van der Waals surface area contributed by atoms with Gasteiger partial charge in [0.25, 0.3) is 5.69 Å². The Labute approximate surface area is 221 Å². The lowest BCUT2D eigenvalue weighted by Gasteiger charge is -2.16. The van der Waals surface area contributed by atoms with E-state index in [4.69, 9.17) is 16.3 Å². The van der Waals surface area contributed by atoms with Crippen LogP contribution in [0.3, 0.4) is 0 Å². The molecule has 4 aromatic rings. The predicted molar refractivity (Wildman–Crippen MR) is 140 cm³/mol. The van der Waals surface area contributed by atoms with Gasteiger partial charge in [-0.1, -0.05) is 59.3 Å². The molecule has 0 saturated heterocycles. The van der Waals surface area contributed by atoms with Crippen LogP contribution in [0.15, 0.2) is 71.9 Å². The maximum Gasteiger partial charge on any atom is 0.269 e. The van der Waals surface area contributed by atoms with Crippen LogP contribution in [-0.2, 0) is 6.61 Å². The summed E-state index contributed by atoms with van der Waals surface area (Å²) in [5.74, 6) is 1.02. The third-order valence-electron chi connectivity index (χ3n) is 5.49. The van der Waals surface area contributed by atoms with Crippen molar-refractivity contribution in [1.29, 1.82) is 0 Å². The van der Waals surface area contributed by atoms with Gasteiger partial charge in [0.1, 0.15) is 23.4 Å². The first-order chi connectivity index (χ1) is 17.7. The third kappa shape index (κ3) is 6.43. The summed E-state index contributed by atoms with van der Waals surface area (Å²) < 4.78 is 7.62. The fourth-order valence-electron chi connectivity index (χ4n) is 3.64. The number of halogens is 1. The molecule has 0 bridgehead atoms. The number of non-ortho nitro benzene ring substituents is 1. The third-order valence-corrected chi connectivity index (χ3v) is 6.97. The van der Waals surface area contributed by atoms with Gasteiger partial charge in [-0.25, -0.2) is 0 Å². The Morgan fingerprint density at radius 2 is 1.78 bits per heavy atom.